The maximum Gasteiger partial charge on any atom is 0.103 e. The molecule has 3 nitrogen and oxygen atoms in total. The van der Waals surface area contributed by atoms with Crippen LogP contribution in [0.25, 0.3) is 0 Å². The van der Waals surface area contributed by atoms with Gasteiger partial charge >= 0.3 is 0 Å². The molecule has 4 heteroatoms. The van der Waals surface area contributed by atoms with Crippen LogP contribution in [-0.4, -0.2) is 6.54 Å². The van der Waals surface area contributed by atoms with Crippen LogP contribution in [0, 0.1) is 11.3 Å². The molecule has 0 aliphatic carbocycles. The second kappa shape index (κ2) is 6.24. The summed E-state index contributed by atoms with van der Waals surface area (Å²) in [6.07, 6.45) is 0. The Hall–Kier alpha value is -2.02. The number of halogens is 1. The average molecular weight is 272 g/mol. The van der Waals surface area contributed by atoms with Gasteiger partial charge < -0.3 is 11.1 Å². The Kier molecular flexibility index (Phi) is 4.40. The Morgan fingerprint density at radius 3 is 2.58 bits per heavy atom. The molecule has 0 fully saturated rings. The zero-order valence-electron chi connectivity index (χ0n) is 10.3. The smallest absolute Gasteiger partial charge is 0.103 e. The molecule has 0 aliphatic heterocycles. The molecule has 0 saturated heterocycles. The van der Waals surface area contributed by atoms with Crippen LogP contribution >= 0.6 is 11.6 Å². The molecule has 0 bridgehead atoms. The van der Waals surface area contributed by atoms with Gasteiger partial charge in [-0.25, -0.2) is 0 Å². The van der Waals surface area contributed by atoms with E-state index < -0.39 is 0 Å². The van der Waals surface area contributed by atoms with E-state index in [1.807, 2.05) is 36.4 Å². The summed E-state index contributed by atoms with van der Waals surface area (Å²) >= 11 is 5.97. The third-order valence-electron chi connectivity index (χ3n) is 2.87. The second-order valence-corrected chi connectivity index (χ2v) is 4.58. The van der Waals surface area contributed by atoms with Crippen molar-refractivity contribution in [2.75, 3.05) is 11.9 Å². The standard InChI is InChI=1S/C15H14ClN3/c16-13-7-4-8-15(12(13)9-17)19-10-14(18)11-5-2-1-3-6-11/h1-8,14,19H,10,18H2. The van der Waals surface area contributed by atoms with Crippen LogP contribution in [0.5, 0.6) is 0 Å². The fourth-order valence-corrected chi connectivity index (χ4v) is 2.04. The molecular formula is C15H14ClN3. The topological polar surface area (TPSA) is 61.8 Å². The van der Waals surface area contributed by atoms with Crippen molar-refractivity contribution in [1.82, 2.24) is 0 Å². The molecule has 1 atom stereocenters. The average Bonchev–Trinajstić information content (AvgIpc) is 2.45. The molecule has 0 amide bonds. The summed E-state index contributed by atoms with van der Waals surface area (Å²) in [5, 5.41) is 12.7. The quantitative estimate of drug-likeness (QED) is 0.897. The van der Waals surface area contributed by atoms with Crippen molar-refractivity contribution >= 4 is 17.3 Å². The molecule has 0 aliphatic rings. The van der Waals surface area contributed by atoms with Gasteiger partial charge in [-0.05, 0) is 17.7 Å². The van der Waals surface area contributed by atoms with E-state index in [1.54, 1.807) is 12.1 Å². The maximum atomic E-state index is 9.08. The lowest BCUT2D eigenvalue weighted by Crippen LogP contribution is -2.20. The number of nitrogens with two attached hydrogens (primary N) is 1. The van der Waals surface area contributed by atoms with E-state index in [0.717, 1.165) is 5.56 Å². The zero-order chi connectivity index (χ0) is 13.7. The molecule has 19 heavy (non-hydrogen) atoms. The monoisotopic (exact) mass is 271 g/mol. The van der Waals surface area contributed by atoms with Crippen LogP contribution in [0.3, 0.4) is 0 Å². The van der Waals surface area contributed by atoms with Crippen molar-refractivity contribution < 1.29 is 0 Å². The number of nitrogens with one attached hydrogen (secondary N) is 1. The predicted octanol–water partition coefficient (Wildman–Crippen LogP) is 3.32. The third-order valence-corrected chi connectivity index (χ3v) is 3.18. The van der Waals surface area contributed by atoms with Crippen molar-refractivity contribution in [3.8, 4) is 6.07 Å². The lowest BCUT2D eigenvalue weighted by atomic mass is 10.1. The summed E-state index contributed by atoms with van der Waals surface area (Å²) in [7, 11) is 0. The van der Waals surface area contributed by atoms with Crippen LogP contribution in [-0.2, 0) is 0 Å². The molecule has 0 aromatic heterocycles. The summed E-state index contributed by atoms with van der Waals surface area (Å²) in [4.78, 5) is 0. The number of hydrogen-bond acceptors (Lipinski definition) is 3. The fraction of sp³-hybridized carbons (Fsp3) is 0.133. The van der Waals surface area contributed by atoms with Gasteiger partial charge in [0.05, 0.1) is 16.3 Å². The van der Waals surface area contributed by atoms with Gasteiger partial charge in [-0.1, -0.05) is 48.0 Å². The van der Waals surface area contributed by atoms with Gasteiger partial charge in [-0.15, -0.1) is 0 Å². The third kappa shape index (κ3) is 3.25. The minimum Gasteiger partial charge on any atom is -0.382 e. The van der Waals surface area contributed by atoms with Crippen molar-refractivity contribution in [2.45, 2.75) is 6.04 Å². The lowest BCUT2D eigenvalue weighted by Gasteiger charge is -2.15. The molecule has 2 aromatic carbocycles. The summed E-state index contributed by atoms with van der Waals surface area (Å²) in [6.45, 7) is 0.541. The van der Waals surface area contributed by atoms with Crippen molar-refractivity contribution in [2.24, 2.45) is 5.73 Å². The first-order chi connectivity index (χ1) is 9.22. The summed E-state index contributed by atoms with van der Waals surface area (Å²) in [5.74, 6) is 0. The molecule has 0 saturated carbocycles. The van der Waals surface area contributed by atoms with Crippen LogP contribution in [0.4, 0.5) is 5.69 Å². The van der Waals surface area contributed by atoms with Gasteiger partial charge in [0.2, 0.25) is 0 Å². The van der Waals surface area contributed by atoms with Crippen molar-refractivity contribution in [1.29, 1.82) is 5.26 Å². The first kappa shape index (κ1) is 13.4. The van der Waals surface area contributed by atoms with Crippen LogP contribution in [0.1, 0.15) is 17.2 Å². The molecule has 0 radical (unpaired) electrons. The van der Waals surface area contributed by atoms with E-state index in [1.165, 1.54) is 0 Å². The van der Waals surface area contributed by atoms with Crippen molar-refractivity contribution in [3.63, 3.8) is 0 Å². The van der Waals surface area contributed by atoms with Crippen LogP contribution in [0.15, 0.2) is 48.5 Å². The molecule has 3 N–H and O–H groups in total. The van der Waals surface area contributed by atoms with Crippen molar-refractivity contribution in [3.05, 3.63) is 64.7 Å². The first-order valence-electron chi connectivity index (χ1n) is 5.95. The Balaban J connectivity index is 2.08. The number of rotatable bonds is 4. The molecule has 96 valence electrons. The highest BCUT2D eigenvalue weighted by Gasteiger charge is 2.09. The van der Waals surface area contributed by atoms with Crippen LogP contribution in [0.2, 0.25) is 5.02 Å². The largest absolute Gasteiger partial charge is 0.382 e. The minimum absolute atomic E-state index is 0.133. The molecule has 2 rings (SSSR count). The fourth-order valence-electron chi connectivity index (χ4n) is 1.82. The van der Waals surface area contributed by atoms with E-state index in [2.05, 4.69) is 11.4 Å². The highest BCUT2D eigenvalue weighted by molar-refractivity contribution is 6.32. The zero-order valence-corrected chi connectivity index (χ0v) is 11.1. The summed E-state index contributed by atoms with van der Waals surface area (Å²) in [5.41, 5.74) is 8.30. The van der Waals surface area contributed by atoms with Gasteiger partial charge in [-0.3, -0.25) is 0 Å². The SMILES string of the molecule is N#Cc1c(Cl)cccc1NCC(N)c1ccccc1. The predicted molar refractivity (Wildman–Crippen MR) is 78.0 cm³/mol. The molecular weight excluding hydrogens is 258 g/mol. The number of nitrogens with zero attached hydrogens (tertiary/aromatic N) is 1. The first-order valence-corrected chi connectivity index (χ1v) is 6.33. The molecule has 0 spiro atoms. The Bertz CT molecular complexity index is 590. The minimum atomic E-state index is -0.133. The Morgan fingerprint density at radius 1 is 1.16 bits per heavy atom. The van der Waals surface area contributed by atoms with Gasteiger partial charge in [0.15, 0.2) is 0 Å². The van der Waals surface area contributed by atoms with E-state index >= 15 is 0 Å². The van der Waals surface area contributed by atoms with Gasteiger partial charge in [0.25, 0.3) is 0 Å². The number of nitriles is 1. The van der Waals surface area contributed by atoms with Gasteiger partial charge in [0.1, 0.15) is 6.07 Å². The maximum absolute atomic E-state index is 9.08. The van der Waals surface area contributed by atoms with E-state index in [9.17, 15) is 0 Å². The normalized spacial score (nSPS) is 11.6. The molecule has 2 aromatic rings. The van der Waals surface area contributed by atoms with Gasteiger partial charge in [0, 0.05) is 12.6 Å². The van der Waals surface area contributed by atoms with E-state index in [0.29, 0.717) is 22.8 Å². The van der Waals surface area contributed by atoms with Crippen LogP contribution < -0.4 is 11.1 Å². The summed E-state index contributed by atoms with van der Waals surface area (Å²) < 4.78 is 0. The highest BCUT2D eigenvalue weighted by atomic mass is 35.5. The lowest BCUT2D eigenvalue weighted by molar-refractivity contribution is 0.764. The highest BCUT2D eigenvalue weighted by Crippen LogP contribution is 2.23. The second-order valence-electron chi connectivity index (χ2n) is 4.17. The molecule has 1 unspecified atom stereocenters. The number of anilines is 1. The molecule has 0 heterocycles. The van der Waals surface area contributed by atoms with Gasteiger partial charge in [-0.2, -0.15) is 5.26 Å². The summed E-state index contributed by atoms with van der Waals surface area (Å²) in [6, 6.07) is 17.1. The Morgan fingerprint density at radius 2 is 1.89 bits per heavy atom. The number of benzene rings is 2. The van der Waals surface area contributed by atoms with E-state index in [4.69, 9.17) is 22.6 Å². The number of hydrogen-bond donors (Lipinski definition) is 2. The van der Waals surface area contributed by atoms with E-state index in [-0.39, 0.29) is 6.04 Å². The Labute approximate surface area is 117 Å².